The van der Waals surface area contributed by atoms with Crippen LogP contribution in [0.4, 0.5) is 5.69 Å². The number of ether oxygens (including phenoxy) is 1. The second-order valence-electron chi connectivity index (χ2n) is 4.57. The highest BCUT2D eigenvalue weighted by molar-refractivity contribution is 6.68. The van der Waals surface area contributed by atoms with Gasteiger partial charge in [0, 0.05) is 25.1 Å². The van der Waals surface area contributed by atoms with E-state index in [2.05, 4.69) is 10.6 Å². The molecule has 122 valence electrons. The number of hydrogen-bond donors (Lipinski definition) is 2. The molecule has 0 saturated heterocycles. The number of benzene rings is 1. The van der Waals surface area contributed by atoms with Gasteiger partial charge in [-0.1, -0.05) is 47.8 Å². The predicted octanol–water partition coefficient (Wildman–Crippen LogP) is 3.64. The summed E-state index contributed by atoms with van der Waals surface area (Å²) < 4.78 is 3.70. The summed E-state index contributed by atoms with van der Waals surface area (Å²) in [5.74, 6) is -0.150. The zero-order valence-electron chi connectivity index (χ0n) is 12.2. The van der Waals surface area contributed by atoms with Crippen molar-refractivity contribution in [3.05, 3.63) is 24.3 Å². The third-order valence-electron chi connectivity index (χ3n) is 2.47. The highest BCUT2D eigenvalue weighted by Gasteiger charge is 2.36. The Balaban J connectivity index is 2.85. The van der Waals surface area contributed by atoms with Gasteiger partial charge in [0.15, 0.2) is 0 Å². The van der Waals surface area contributed by atoms with Crippen molar-refractivity contribution in [3.63, 3.8) is 0 Å². The van der Waals surface area contributed by atoms with Crippen LogP contribution < -0.4 is 15.4 Å². The number of hydrogen-bond acceptors (Lipinski definition) is 3. The Morgan fingerprint density at radius 1 is 1.32 bits per heavy atom. The summed E-state index contributed by atoms with van der Waals surface area (Å²) in [4.78, 5) is 22.7. The Morgan fingerprint density at radius 2 is 2.00 bits per heavy atom. The molecule has 0 unspecified atom stereocenters. The standard InChI is InChI=1S/C14H17Cl3N2O3/c1-3-5-12(21)19-13(14(15,16)17)22-11-7-4-6-10(8-11)18-9(2)20/h4,6-8,13H,3,5H2,1-2H3,(H,18,20)(H,19,21)/t13-/m1/s1. The van der Waals surface area contributed by atoms with Gasteiger partial charge in [-0.25, -0.2) is 0 Å². The number of nitrogens with one attached hydrogen (secondary N) is 2. The smallest absolute Gasteiger partial charge is 0.246 e. The van der Waals surface area contributed by atoms with Crippen molar-refractivity contribution in [2.45, 2.75) is 36.7 Å². The summed E-state index contributed by atoms with van der Waals surface area (Å²) in [6, 6.07) is 6.55. The molecular weight excluding hydrogens is 351 g/mol. The van der Waals surface area contributed by atoms with Crippen molar-refractivity contribution in [1.29, 1.82) is 0 Å². The summed E-state index contributed by atoms with van der Waals surface area (Å²) in [6.45, 7) is 3.25. The minimum absolute atomic E-state index is 0.216. The minimum Gasteiger partial charge on any atom is -0.466 e. The maximum Gasteiger partial charge on any atom is 0.246 e. The number of carbonyl (C=O) groups excluding carboxylic acids is 2. The zero-order valence-corrected chi connectivity index (χ0v) is 14.4. The van der Waals surface area contributed by atoms with Gasteiger partial charge in [-0.3, -0.25) is 9.59 Å². The molecule has 1 atom stereocenters. The lowest BCUT2D eigenvalue weighted by atomic mass is 10.3. The number of rotatable bonds is 6. The van der Waals surface area contributed by atoms with Crippen molar-refractivity contribution < 1.29 is 14.3 Å². The summed E-state index contributed by atoms with van der Waals surface area (Å²) in [7, 11) is 0. The van der Waals surface area contributed by atoms with Gasteiger partial charge in [-0.15, -0.1) is 0 Å². The van der Waals surface area contributed by atoms with Crippen LogP contribution >= 0.6 is 34.8 Å². The lowest BCUT2D eigenvalue weighted by Gasteiger charge is -2.26. The molecule has 0 heterocycles. The van der Waals surface area contributed by atoms with Crippen LogP contribution in [0.3, 0.4) is 0 Å². The quantitative estimate of drug-likeness (QED) is 0.596. The summed E-state index contributed by atoms with van der Waals surface area (Å²) in [5.41, 5.74) is 0.535. The summed E-state index contributed by atoms with van der Waals surface area (Å²) in [5, 5.41) is 5.14. The van der Waals surface area contributed by atoms with Gasteiger partial charge in [-0.05, 0) is 18.6 Å². The van der Waals surface area contributed by atoms with Crippen molar-refractivity contribution in [3.8, 4) is 5.75 Å². The van der Waals surface area contributed by atoms with Gasteiger partial charge in [0.2, 0.25) is 21.8 Å². The number of alkyl halides is 3. The molecule has 0 aromatic heterocycles. The maximum atomic E-state index is 11.7. The second kappa shape index (κ2) is 8.46. The van der Waals surface area contributed by atoms with Gasteiger partial charge in [-0.2, -0.15) is 0 Å². The average Bonchev–Trinajstić information content (AvgIpc) is 2.36. The van der Waals surface area contributed by atoms with Crippen molar-refractivity contribution in [2.24, 2.45) is 0 Å². The van der Waals surface area contributed by atoms with E-state index in [0.29, 0.717) is 24.3 Å². The Bertz CT molecular complexity index is 532. The Morgan fingerprint density at radius 3 is 2.55 bits per heavy atom. The molecule has 0 aliphatic rings. The molecule has 0 spiro atoms. The first-order valence-electron chi connectivity index (χ1n) is 6.62. The van der Waals surface area contributed by atoms with E-state index in [-0.39, 0.29) is 11.8 Å². The molecule has 0 aliphatic heterocycles. The first kappa shape index (κ1) is 18.9. The normalized spacial score (nSPS) is 12.4. The molecule has 1 rings (SSSR count). The Kier molecular flexibility index (Phi) is 7.26. The fourth-order valence-corrected chi connectivity index (χ4v) is 1.91. The van der Waals surface area contributed by atoms with Gasteiger partial charge in [0.05, 0.1) is 0 Å². The molecule has 8 heteroatoms. The molecule has 1 aromatic carbocycles. The van der Waals surface area contributed by atoms with E-state index >= 15 is 0 Å². The lowest BCUT2D eigenvalue weighted by Crippen LogP contribution is -2.47. The maximum absolute atomic E-state index is 11.7. The van der Waals surface area contributed by atoms with E-state index < -0.39 is 10.0 Å². The molecule has 0 aliphatic carbocycles. The highest BCUT2D eigenvalue weighted by atomic mass is 35.6. The van der Waals surface area contributed by atoms with E-state index in [1.54, 1.807) is 24.3 Å². The van der Waals surface area contributed by atoms with Crippen LogP contribution in [0.1, 0.15) is 26.7 Å². The van der Waals surface area contributed by atoms with E-state index in [4.69, 9.17) is 39.5 Å². The van der Waals surface area contributed by atoms with Crippen molar-refractivity contribution >= 4 is 52.3 Å². The fraction of sp³-hybridized carbons (Fsp3) is 0.429. The van der Waals surface area contributed by atoms with E-state index in [9.17, 15) is 9.59 Å². The minimum atomic E-state index is -1.84. The molecule has 2 N–H and O–H groups in total. The predicted molar refractivity (Wildman–Crippen MR) is 88.5 cm³/mol. The number of halogens is 3. The van der Waals surface area contributed by atoms with Crippen LogP contribution in [0.2, 0.25) is 0 Å². The number of amides is 2. The molecular formula is C14H17Cl3N2O3. The average molecular weight is 368 g/mol. The Hall–Kier alpha value is -1.17. The van der Waals surface area contributed by atoms with Crippen LogP contribution in [0, 0.1) is 0 Å². The first-order valence-corrected chi connectivity index (χ1v) is 7.76. The monoisotopic (exact) mass is 366 g/mol. The van der Waals surface area contributed by atoms with Gasteiger partial charge in [0.25, 0.3) is 0 Å². The third-order valence-corrected chi connectivity index (χ3v) is 3.07. The van der Waals surface area contributed by atoms with E-state index in [1.165, 1.54) is 6.92 Å². The van der Waals surface area contributed by atoms with Gasteiger partial charge in [0.1, 0.15) is 5.75 Å². The molecule has 5 nitrogen and oxygen atoms in total. The number of anilines is 1. The zero-order chi connectivity index (χ0) is 16.8. The summed E-state index contributed by atoms with van der Waals surface area (Å²) >= 11 is 17.5. The summed E-state index contributed by atoms with van der Waals surface area (Å²) in [6.07, 6.45) is -0.188. The third kappa shape index (κ3) is 6.73. The molecule has 0 saturated carbocycles. The molecule has 1 aromatic rings. The molecule has 2 amide bonds. The molecule has 0 bridgehead atoms. The Labute approximate surface area is 144 Å². The SMILES string of the molecule is CCCC(=O)N[C@H](Oc1cccc(NC(C)=O)c1)C(Cl)(Cl)Cl. The highest BCUT2D eigenvalue weighted by Crippen LogP contribution is 2.32. The van der Waals surface area contributed by atoms with Crippen LogP contribution in [0.15, 0.2) is 24.3 Å². The fourth-order valence-electron chi connectivity index (χ4n) is 1.61. The topological polar surface area (TPSA) is 67.4 Å². The van der Waals surface area contributed by atoms with Gasteiger partial charge >= 0.3 is 0 Å². The van der Waals surface area contributed by atoms with Crippen molar-refractivity contribution in [1.82, 2.24) is 5.32 Å². The molecule has 0 radical (unpaired) electrons. The first-order chi connectivity index (χ1) is 10.2. The number of carbonyl (C=O) groups is 2. The molecule has 22 heavy (non-hydrogen) atoms. The van der Waals surface area contributed by atoms with E-state index in [0.717, 1.165) is 0 Å². The second-order valence-corrected chi connectivity index (χ2v) is 6.93. The van der Waals surface area contributed by atoms with Gasteiger partial charge < -0.3 is 15.4 Å². The van der Waals surface area contributed by atoms with Crippen LogP contribution in [-0.2, 0) is 9.59 Å². The molecule has 0 fully saturated rings. The lowest BCUT2D eigenvalue weighted by molar-refractivity contribution is -0.123. The van der Waals surface area contributed by atoms with Crippen molar-refractivity contribution in [2.75, 3.05) is 5.32 Å². The van der Waals surface area contributed by atoms with Crippen LogP contribution in [-0.4, -0.2) is 21.8 Å². The van der Waals surface area contributed by atoms with E-state index in [1.807, 2.05) is 6.92 Å². The largest absolute Gasteiger partial charge is 0.466 e. The van der Waals surface area contributed by atoms with Crippen LogP contribution in [0.5, 0.6) is 5.75 Å². The van der Waals surface area contributed by atoms with Crippen LogP contribution in [0.25, 0.3) is 0 Å².